The predicted octanol–water partition coefficient (Wildman–Crippen LogP) is 6.88. The molecule has 2 saturated heterocycles. The van der Waals surface area contributed by atoms with Gasteiger partial charge in [0.1, 0.15) is 5.75 Å². The summed E-state index contributed by atoms with van der Waals surface area (Å²) in [5, 5.41) is 12.2. The summed E-state index contributed by atoms with van der Waals surface area (Å²) < 4.78 is 0. The van der Waals surface area contributed by atoms with Crippen molar-refractivity contribution in [1.82, 2.24) is 0 Å². The summed E-state index contributed by atoms with van der Waals surface area (Å²) in [5.41, 5.74) is 4.49. The Labute approximate surface area is 272 Å². The number of carbonyl (C=O) groups is 4. The molecule has 1 saturated carbocycles. The van der Waals surface area contributed by atoms with Crippen LogP contribution in [0.3, 0.4) is 0 Å². The van der Waals surface area contributed by atoms with E-state index >= 15 is 0 Å². The van der Waals surface area contributed by atoms with Crippen LogP contribution in [0, 0.1) is 29.6 Å². The van der Waals surface area contributed by atoms with E-state index in [-0.39, 0.29) is 35.8 Å². The minimum absolute atomic E-state index is 0.124. The molecule has 0 spiro atoms. The number of hydrogen-bond donors (Lipinski definition) is 1. The van der Waals surface area contributed by atoms with Crippen molar-refractivity contribution in [2.75, 3.05) is 9.80 Å². The van der Waals surface area contributed by atoms with Crippen molar-refractivity contribution in [2.24, 2.45) is 29.6 Å². The highest BCUT2D eigenvalue weighted by Gasteiger charge is 2.62. The third kappa shape index (κ3) is 4.19. The molecule has 7 heteroatoms. The van der Waals surface area contributed by atoms with E-state index in [2.05, 4.69) is 13.2 Å². The van der Waals surface area contributed by atoms with Gasteiger partial charge in [0.2, 0.25) is 23.6 Å². The molecule has 4 aromatic rings. The smallest absolute Gasteiger partial charge is 0.238 e. The third-order valence-electron chi connectivity index (χ3n) is 10.7. The van der Waals surface area contributed by atoms with Gasteiger partial charge in [-0.05, 0) is 71.2 Å². The molecule has 4 aliphatic rings. The first-order valence-corrected chi connectivity index (χ1v) is 15.9. The zero-order chi connectivity index (χ0) is 32.6. The van der Waals surface area contributed by atoms with Gasteiger partial charge in [-0.1, -0.05) is 91.6 Å². The lowest BCUT2D eigenvalue weighted by atomic mass is 9.57. The Morgan fingerprint density at radius 3 is 1.77 bits per heavy atom. The second-order valence-corrected chi connectivity index (χ2v) is 12.9. The second kappa shape index (κ2) is 10.8. The standard InChI is InChI=1S/C40H32N2O5/c1-3-22-9-13-24(14-10-22)41-37(44)30-18-17-29-31(35(30)39(41)46)21-32-36(34(29)28-19-20-33(43)27-8-6-5-7-26(27)28)40(47)42(38(32)45)25-15-11-23(4-2)12-16-25/h3-17,19-20,30-32,34-36,43H,1-2,18,21H2/t30-,31+,32+,34-,35-,36+/m0/s1. The highest BCUT2D eigenvalue weighted by molar-refractivity contribution is 6.24. The number of rotatable bonds is 5. The van der Waals surface area contributed by atoms with Gasteiger partial charge in [0.15, 0.2) is 0 Å². The maximum absolute atomic E-state index is 14.5. The van der Waals surface area contributed by atoms with E-state index in [0.717, 1.165) is 27.6 Å². The number of phenolic OH excluding ortho intramolecular Hbond substituents is 1. The number of phenols is 1. The number of nitrogens with zero attached hydrogens (tertiary/aromatic N) is 2. The minimum atomic E-state index is -0.705. The van der Waals surface area contributed by atoms with Gasteiger partial charge >= 0.3 is 0 Å². The van der Waals surface area contributed by atoms with Gasteiger partial charge in [0, 0.05) is 11.3 Å². The summed E-state index contributed by atoms with van der Waals surface area (Å²) in [7, 11) is 0. The summed E-state index contributed by atoms with van der Waals surface area (Å²) in [6.07, 6.45) is 6.10. The largest absolute Gasteiger partial charge is 0.507 e. The average molecular weight is 621 g/mol. The lowest BCUT2D eigenvalue weighted by molar-refractivity contribution is -0.126. The highest BCUT2D eigenvalue weighted by Crippen LogP contribution is 2.59. The Balaban J connectivity index is 1.26. The number of amides is 4. The van der Waals surface area contributed by atoms with E-state index in [1.54, 1.807) is 42.5 Å². The number of allylic oxidation sites excluding steroid dienone is 2. The van der Waals surface area contributed by atoms with Gasteiger partial charge in [0.25, 0.3) is 0 Å². The van der Waals surface area contributed by atoms with Crippen LogP contribution in [-0.4, -0.2) is 28.7 Å². The zero-order valence-corrected chi connectivity index (χ0v) is 25.6. The molecule has 0 bridgehead atoms. The van der Waals surface area contributed by atoms with Gasteiger partial charge in [-0.25, -0.2) is 0 Å². The molecule has 8 rings (SSSR count). The molecule has 7 nitrogen and oxygen atoms in total. The SMILES string of the molecule is C=Cc1ccc(N2C(=O)[C@H]3[C@H](CC=C4[C@H]3C[C@H]3C(=O)N(c5ccc(C=C)cc5)C(=O)[C@H]3[C@H]4c3ccc(O)c4ccccc34)C2=O)cc1. The van der Waals surface area contributed by atoms with Crippen LogP contribution in [0.15, 0.2) is 110 Å². The first-order chi connectivity index (χ1) is 22.8. The van der Waals surface area contributed by atoms with Crippen LogP contribution < -0.4 is 9.80 Å². The summed E-state index contributed by atoms with van der Waals surface area (Å²) in [6.45, 7) is 7.59. The zero-order valence-electron chi connectivity index (χ0n) is 25.6. The maximum Gasteiger partial charge on any atom is 0.238 e. The summed E-state index contributed by atoms with van der Waals surface area (Å²) >= 11 is 0. The number of aromatic hydroxyl groups is 1. The van der Waals surface area contributed by atoms with Crippen LogP contribution >= 0.6 is 0 Å². The average Bonchev–Trinajstić information content (AvgIpc) is 3.51. The van der Waals surface area contributed by atoms with Crippen LogP contribution in [0.4, 0.5) is 11.4 Å². The van der Waals surface area contributed by atoms with E-state index in [4.69, 9.17) is 0 Å². The van der Waals surface area contributed by atoms with E-state index in [9.17, 15) is 24.3 Å². The fourth-order valence-corrected chi connectivity index (χ4v) is 8.54. The number of fused-ring (bicyclic) bond motifs is 5. The molecule has 3 fully saturated rings. The monoisotopic (exact) mass is 620 g/mol. The van der Waals surface area contributed by atoms with Crippen LogP contribution in [0.25, 0.3) is 22.9 Å². The summed E-state index contributed by atoms with van der Waals surface area (Å²) in [6, 6.07) is 25.3. The molecule has 4 aromatic carbocycles. The lowest BCUT2D eigenvalue weighted by Gasteiger charge is -2.44. The van der Waals surface area contributed by atoms with E-state index in [1.165, 1.54) is 9.80 Å². The number of carbonyl (C=O) groups excluding carboxylic acids is 4. The fourth-order valence-electron chi connectivity index (χ4n) is 8.54. The first kappa shape index (κ1) is 28.9. The van der Waals surface area contributed by atoms with Crippen molar-refractivity contribution in [3.8, 4) is 5.75 Å². The Bertz CT molecular complexity index is 2060. The maximum atomic E-state index is 14.5. The normalized spacial score (nSPS) is 26.6. The molecule has 2 aliphatic heterocycles. The molecule has 47 heavy (non-hydrogen) atoms. The van der Waals surface area contributed by atoms with Gasteiger partial charge in [0.05, 0.1) is 35.0 Å². The van der Waals surface area contributed by atoms with Crippen molar-refractivity contribution >= 4 is 57.9 Å². The number of hydrogen-bond acceptors (Lipinski definition) is 5. The Morgan fingerprint density at radius 2 is 1.17 bits per heavy atom. The molecule has 2 heterocycles. The fraction of sp³-hybridized carbons (Fsp3) is 0.200. The summed E-state index contributed by atoms with van der Waals surface area (Å²) in [5.74, 6) is -4.52. The number of benzene rings is 4. The van der Waals surface area contributed by atoms with Gasteiger partial charge in [-0.3, -0.25) is 29.0 Å². The Kier molecular flexibility index (Phi) is 6.62. The molecule has 6 atom stereocenters. The van der Waals surface area contributed by atoms with Crippen molar-refractivity contribution in [2.45, 2.75) is 18.8 Å². The number of imide groups is 2. The molecule has 232 valence electrons. The quantitative estimate of drug-likeness (QED) is 0.194. The van der Waals surface area contributed by atoms with Crippen LogP contribution in [0.5, 0.6) is 5.75 Å². The van der Waals surface area contributed by atoms with Gasteiger partial charge in [-0.2, -0.15) is 0 Å². The minimum Gasteiger partial charge on any atom is -0.507 e. The van der Waals surface area contributed by atoms with Crippen molar-refractivity contribution in [3.05, 3.63) is 126 Å². The number of anilines is 2. The topological polar surface area (TPSA) is 95.0 Å². The lowest BCUT2D eigenvalue weighted by Crippen LogP contribution is -2.43. The Hall–Kier alpha value is -5.56. The van der Waals surface area contributed by atoms with Crippen LogP contribution in [0.1, 0.15) is 35.4 Å². The molecule has 4 amide bonds. The molecular formula is C40H32N2O5. The molecular weight excluding hydrogens is 588 g/mol. The van der Waals surface area contributed by atoms with Crippen molar-refractivity contribution in [1.29, 1.82) is 0 Å². The molecule has 1 N–H and O–H groups in total. The first-order valence-electron chi connectivity index (χ1n) is 15.9. The van der Waals surface area contributed by atoms with Gasteiger partial charge in [-0.15, -0.1) is 0 Å². The van der Waals surface area contributed by atoms with E-state index < -0.39 is 35.5 Å². The van der Waals surface area contributed by atoms with Gasteiger partial charge < -0.3 is 5.11 Å². The Morgan fingerprint density at radius 1 is 0.617 bits per heavy atom. The highest BCUT2D eigenvalue weighted by atomic mass is 16.3. The molecule has 2 aliphatic carbocycles. The molecule has 0 radical (unpaired) electrons. The molecule has 0 aromatic heterocycles. The van der Waals surface area contributed by atoms with E-state index in [1.807, 2.05) is 60.7 Å². The van der Waals surface area contributed by atoms with Crippen molar-refractivity contribution in [3.63, 3.8) is 0 Å². The van der Waals surface area contributed by atoms with E-state index in [0.29, 0.717) is 23.2 Å². The van der Waals surface area contributed by atoms with Crippen LogP contribution in [0.2, 0.25) is 0 Å². The third-order valence-corrected chi connectivity index (χ3v) is 10.7. The van der Waals surface area contributed by atoms with Crippen LogP contribution in [-0.2, 0) is 19.2 Å². The summed E-state index contributed by atoms with van der Waals surface area (Å²) in [4.78, 5) is 59.5. The molecule has 0 unspecified atom stereocenters. The predicted molar refractivity (Wildman–Crippen MR) is 181 cm³/mol. The second-order valence-electron chi connectivity index (χ2n) is 12.9. The van der Waals surface area contributed by atoms with Crippen molar-refractivity contribution < 1.29 is 24.3 Å².